The molecule has 2 aromatic rings. The van der Waals surface area contributed by atoms with E-state index in [9.17, 15) is 9.59 Å². The second kappa shape index (κ2) is 11.3. The minimum Gasteiger partial charge on any atom is -0.346 e. The molecule has 0 atom stereocenters. The summed E-state index contributed by atoms with van der Waals surface area (Å²) < 4.78 is 2.07. The van der Waals surface area contributed by atoms with Crippen LogP contribution in [0.5, 0.6) is 0 Å². The highest BCUT2D eigenvalue weighted by Gasteiger charge is 2.23. The summed E-state index contributed by atoms with van der Waals surface area (Å²) in [5.41, 5.74) is 3.97. The van der Waals surface area contributed by atoms with E-state index in [0.29, 0.717) is 12.5 Å². The van der Waals surface area contributed by atoms with Crippen LogP contribution >= 0.6 is 11.8 Å². The van der Waals surface area contributed by atoms with Crippen LogP contribution in [-0.2, 0) is 16.1 Å². The van der Waals surface area contributed by atoms with Gasteiger partial charge in [-0.1, -0.05) is 54.8 Å². The first-order valence-corrected chi connectivity index (χ1v) is 12.2. The van der Waals surface area contributed by atoms with Crippen molar-refractivity contribution in [3.8, 4) is 0 Å². The van der Waals surface area contributed by atoms with E-state index < -0.39 is 0 Å². The van der Waals surface area contributed by atoms with Crippen molar-refractivity contribution >= 4 is 29.3 Å². The van der Waals surface area contributed by atoms with Crippen LogP contribution in [0.2, 0.25) is 0 Å². The lowest BCUT2D eigenvalue weighted by molar-refractivity contribution is -0.122. The smallest absolute Gasteiger partial charge is 0.243 e. The monoisotopic (exact) mass is 455 g/mol. The lowest BCUT2D eigenvalue weighted by Gasteiger charge is -2.21. The van der Waals surface area contributed by atoms with Gasteiger partial charge in [0.1, 0.15) is 5.82 Å². The van der Waals surface area contributed by atoms with E-state index >= 15 is 0 Å². The van der Waals surface area contributed by atoms with Gasteiger partial charge in [0.25, 0.3) is 0 Å². The molecule has 2 amide bonds. The molecule has 0 saturated heterocycles. The van der Waals surface area contributed by atoms with Crippen LogP contribution in [0.15, 0.2) is 29.9 Å². The molecular formula is C24H33N5O2S. The number of thioether (sulfide) groups is 1. The highest BCUT2D eigenvalue weighted by atomic mass is 32.2. The predicted molar refractivity (Wildman–Crippen MR) is 129 cm³/mol. The molecule has 1 aliphatic carbocycles. The molecular weight excluding hydrogens is 422 g/mol. The van der Waals surface area contributed by atoms with E-state index in [0.717, 1.165) is 46.2 Å². The average molecular weight is 456 g/mol. The molecule has 0 spiro atoms. The van der Waals surface area contributed by atoms with Crippen molar-refractivity contribution in [2.24, 2.45) is 0 Å². The standard InChI is InChI=1S/C24H33N5O2S/c1-5-11-29-23(19-9-7-6-8-10-19)27-28-24(29)32-15-21(31)25-14-20(30)26-22-17(3)12-16(2)13-18(22)4/h5,12-13,19H,1,6-11,14-15H2,2-4H3,(H,25,31)(H,26,30). The van der Waals surface area contributed by atoms with Crippen molar-refractivity contribution < 1.29 is 9.59 Å². The zero-order chi connectivity index (χ0) is 23.1. The number of benzene rings is 1. The van der Waals surface area contributed by atoms with Crippen molar-refractivity contribution in [2.45, 2.75) is 70.5 Å². The molecule has 32 heavy (non-hydrogen) atoms. The van der Waals surface area contributed by atoms with Crippen LogP contribution in [0.25, 0.3) is 0 Å². The van der Waals surface area contributed by atoms with Gasteiger partial charge in [-0.15, -0.1) is 16.8 Å². The summed E-state index contributed by atoms with van der Waals surface area (Å²) in [5, 5.41) is 15.1. The molecule has 0 bridgehead atoms. The van der Waals surface area contributed by atoms with Crippen LogP contribution in [0, 0.1) is 20.8 Å². The van der Waals surface area contributed by atoms with Gasteiger partial charge in [0, 0.05) is 18.2 Å². The minimum atomic E-state index is -0.243. The molecule has 7 nitrogen and oxygen atoms in total. The Bertz CT molecular complexity index is 956. The number of hydrogen-bond donors (Lipinski definition) is 2. The molecule has 2 N–H and O–H groups in total. The van der Waals surface area contributed by atoms with Gasteiger partial charge in [0.2, 0.25) is 11.8 Å². The van der Waals surface area contributed by atoms with Gasteiger partial charge in [-0.2, -0.15) is 0 Å². The number of rotatable bonds is 9. The number of hydrogen-bond acceptors (Lipinski definition) is 5. The zero-order valence-corrected chi connectivity index (χ0v) is 20.1. The van der Waals surface area contributed by atoms with Crippen LogP contribution in [0.4, 0.5) is 5.69 Å². The fourth-order valence-electron chi connectivity index (χ4n) is 4.29. The minimum absolute atomic E-state index is 0.0706. The molecule has 1 aromatic heterocycles. The van der Waals surface area contributed by atoms with Gasteiger partial charge in [0.15, 0.2) is 5.16 Å². The lowest BCUT2D eigenvalue weighted by Crippen LogP contribution is -2.34. The largest absolute Gasteiger partial charge is 0.346 e. The molecule has 0 radical (unpaired) electrons. The first kappa shape index (κ1) is 24.0. The Morgan fingerprint density at radius 3 is 2.47 bits per heavy atom. The van der Waals surface area contributed by atoms with Gasteiger partial charge >= 0.3 is 0 Å². The van der Waals surface area contributed by atoms with Crippen molar-refractivity contribution in [3.05, 3.63) is 47.3 Å². The number of carbonyl (C=O) groups is 2. The molecule has 1 fully saturated rings. The number of aromatic nitrogens is 3. The van der Waals surface area contributed by atoms with Crippen LogP contribution in [-0.4, -0.2) is 38.9 Å². The lowest BCUT2D eigenvalue weighted by atomic mass is 9.89. The number of anilines is 1. The van der Waals surface area contributed by atoms with Crippen molar-refractivity contribution in [2.75, 3.05) is 17.6 Å². The number of nitrogens with one attached hydrogen (secondary N) is 2. The number of nitrogens with zero attached hydrogens (tertiary/aromatic N) is 3. The fraction of sp³-hybridized carbons (Fsp3) is 0.500. The third-order valence-corrected chi connectivity index (χ3v) is 6.71. The highest BCUT2D eigenvalue weighted by molar-refractivity contribution is 7.99. The molecule has 1 aliphatic rings. The zero-order valence-electron chi connectivity index (χ0n) is 19.2. The first-order chi connectivity index (χ1) is 15.4. The summed E-state index contributed by atoms with van der Waals surface area (Å²) in [6, 6.07) is 4.05. The van der Waals surface area contributed by atoms with E-state index in [-0.39, 0.29) is 24.1 Å². The SMILES string of the molecule is C=CCn1c(SCC(=O)NCC(=O)Nc2c(C)cc(C)cc2C)nnc1C1CCCCC1. The van der Waals surface area contributed by atoms with Crippen LogP contribution in [0.3, 0.4) is 0 Å². The maximum atomic E-state index is 12.3. The molecule has 1 heterocycles. The Morgan fingerprint density at radius 1 is 1.12 bits per heavy atom. The van der Waals surface area contributed by atoms with Gasteiger partial charge in [-0.3, -0.25) is 9.59 Å². The Morgan fingerprint density at radius 2 is 1.81 bits per heavy atom. The average Bonchev–Trinajstić information content (AvgIpc) is 3.16. The third-order valence-electron chi connectivity index (χ3n) is 5.75. The van der Waals surface area contributed by atoms with Gasteiger partial charge in [0.05, 0.1) is 12.3 Å². The quantitative estimate of drug-likeness (QED) is 0.435. The Hall–Kier alpha value is -2.61. The van der Waals surface area contributed by atoms with Gasteiger partial charge in [-0.25, -0.2) is 0 Å². The van der Waals surface area contributed by atoms with Crippen molar-refractivity contribution in [1.29, 1.82) is 0 Å². The maximum absolute atomic E-state index is 12.3. The summed E-state index contributed by atoms with van der Waals surface area (Å²) in [5.74, 6) is 1.14. The fourth-order valence-corrected chi connectivity index (χ4v) is 5.08. The van der Waals surface area contributed by atoms with E-state index in [1.807, 2.05) is 39.0 Å². The Labute approximate surface area is 194 Å². The summed E-state index contributed by atoms with van der Waals surface area (Å²) in [6.07, 6.45) is 7.83. The maximum Gasteiger partial charge on any atom is 0.243 e. The predicted octanol–water partition coefficient (Wildman–Crippen LogP) is 4.28. The number of allylic oxidation sites excluding steroid dienone is 1. The molecule has 3 rings (SSSR count). The van der Waals surface area contributed by atoms with Crippen molar-refractivity contribution in [1.82, 2.24) is 20.1 Å². The second-order valence-electron chi connectivity index (χ2n) is 8.46. The molecule has 0 unspecified atom stereocenters. The van der Waals surface area contributed by atoms with Gasteiger partial charge in [-0.05, 0) is 44.7 Å². The second-order valence-corrected chi connectivity index (χ2v) is 9.40. The number of aryl methyl sites for hydroxylation is 3. The Kier molecular flexibility index (Phi) is 8.50. The molecule has 1 aromatic carbocycles. The van der Waals surface area contributed by atoms with Crippen molar-refractivity contribution in [3.63, 3.8) is 0 Å². The van der Waals surface area contributed by atoms with E-state index in [1.54, 1.807) is 0 Å². The van der Waals surface area contributed by atoms with E-state index in [4.69, 9.17) is 0 Å². The molecule has 0 aliphatic heterocycles. The van der Waals surface area contributed by atoms with E-state index in [2.05, 4.69) is 32.0 Å². The third kappa shape index (κ3) is 6.22. The summed E-state index contributed by atoms with van der Waals surface area (Å²) in [7, 11) is 0. The molecule has 8 heteroatoms. The van der Waals surface area contributed by atoms with E-state index in [1.165, 1.54) is 31.0 Å². The Balaban J connectivity index is 1.52. The summed E-state index contributed by atoms with van der Waals surface area (Å²) >= 11 is 1.34. The summed E-state index contributed by atoms with van der Waals surface area (Å²) in [6.45, 7) is 10.4. The first-order valence-electron chi connectivity index (χ1n) is 11.2. The van der Waals surface area contributed by atoms with Crippen LogP contribution < -0.4 is 10.6 Å². The number of amides is 2. The van der Waals surface area contributed by atoms with Crippen LogP contribution in [0.1, 0.15) is 60.5 Å². The van der Waals surface area contributed by atoms with Gasteiger partial charge < -0.3 is 15.2 Å². The highest BCUT2D eigenvalue weighted by Crippen LogP contribution is 2.33. The topological polar surface area (TPSA) is 88.9 Å². The summed E-state index contributed by atoms with van der Waals surface area (Å²) in [4.78, 5) is 24.7. The molecule has 172 valence electrons. The number of carbonyl (C=O) groups excluding carboxylic acids is 2. The normalized spacial score (nSPS) is 14.2. The molecule has 1 saturated carbocycles.